The third-order valence-electron chi connectivity index (χ3n) is 1.92. The first kappa shape index (κ1) is 14.1. The Morgan fingerprint density at radius 3 is 2.65 bits per heavy atom. The smallest absolute Gasteiger partial charge is 0.209 e. The van der Waals surface area contributed by atoms with Crippen molar-refractivity contribution in [3.8, 4) is 0 Å². The molecule has 0 fully saturated rings. The molecule has 7 nitrogen and oxygen atoms in total. The molecule has 0 saturated heterocycles. The SMILES string of the molecule is CNc1ncnc(NCCCS(N)(=O)=O)c1Br. The van der Waals surface area contributed by atoms with Gasteiger partial charge < -0.3 is 10.6 Å². The maximum absolute atomic E-state index is 10.7. The van der Waals surface area contributed by atoms with E-state index in [0.29, 0.717) is 29.1 Å². The third-order valence-corrected chi connectivity index (χ3v) is 3.53. The highest BCUT2D eigenvalue weighted by Gasteiger charge is 2.07. The number of hydrogen-bond donors (Lipinski definition) is 3. The molecule has 0 atom stereocenters. The molecule has 0 aliphatic rings. The summed E-state index contributed by atoms with van der Waals surface area (Å²) in [6, 6.07) is 0. The van der Waals surface area contributed by atoms with Crippen molar-refractivity contribution in [3.63, 3.8) is 0 Å². The molecule has 0 aromatic carbocycles. The van der Waals surface area contributed by atoms with E-state index in [0.717, 1.165) is 0 Å². The predicted octanol–water partition coefficient (Wildman–Crippen LogP) is 0.371. The molecule has 0 radical (unpaired) electrons. The molecule has 17 heavy (non-hydrogen) atoms. The van der Waals surface area contributed by atoms with E-state index >= 15 is 0 Å². The first-order valence-corrected chi connectivity index (χ1v) is 7.37. The summed E-state index contributed by atoms with van der Waals surface area (Å²) in [6.07, 6.45) is 1.84. The van der Waals surface area contributed by atoms with Crippen molar-refractivity contribution in [2.45, 2.75) is 6.42 Å². The first-order chi connectivity index (χ1) is 7.94. The molecule has 9 heteroatoms. The number of aromatic nitrogens is 2. The number of halogens is 1. The lowest BCUT2D eigenvalue weighted by atomic mass is 10.4. The van der Waals surface area contributed by atoms with Crippen LogP contribution in [0.15, 0.2) is 10.8 Å². The van der Waals surface area contributed by atoms with Crippen LogP contribution in [-0.4, -0.2) is 37.7 Å². The van der Waals surface area contributed by atoms with E-state index < -0.39 is 10.0 Å². The van der Waals surface area contributed by atoms with Gasteiger partial charge in [0.25, 0.3) is 0 Å². The first-order valence-electron chi connectivity index (χ1n) is 4.86. The van der Waals surface area contributed by atoms with Crippen LogP contribution in [0.4, 0.5) is 11.6 Å². The molecule has 0 saturated carbocycles. The zero-order chi connectivity index (χ0) is 12.9. The Morgan fingerprint density at radius 1 is 1.41 bits per heavy atom. The lowest BCUT2D eigenvalue weighted by Crippen LogP contribution is -2.19. The molecule has 0 spiro atoms. The van der Waals surface area contributed by atoms with Crippen LogP contribution in [0.3, 0.4) is 0 Å². The van der Waals surface area contributed by atoms with E-state index in [9.17, 15) is 8.42 Å². The van der Waals surface area contributed by atoms with Crippen LogP contribution in [0.2, 0.25) is 0 Å². The van der Waals surface area contributed by atoms with Crippen LogP contribution in [0.5, 0.6) is 0 Å². The van der Waals surface area contributed by atoms with Crippen molar-refractivity contribution in [3.05, 3.63) is 10.8 Å². The molecule has 96 valence electrons. The van der Waals surface area contributed by atoms with Crippen molar-refractivity contribution in [1.82, 2.24) is 9.97 Å². The van der Waals surface area contributed by atoms with Crippen molar-refractivity contribution in [2.75, 3.05) is 30.0 Å². The summed E-state index contributed by atoms with van der Waals surface area (Å²) >= 11 is 3.34. The summed E-state index contributed by atoms with van der Waals surface area (Å²) in [5.74, 6) is 1.22. The Hall–Kier alpha value is -0.930. The number of sulfonamides is 1. The second-order valence-corrected chi connectivity index (χ2v) is 5.81. The van der Waals surface area contributed by atoms with Gasteiger partial charge in [-0.15, -0.1) is 0 Å². The van der Waals surface area contributed by atoms with Crippen LogP contribution in [0, 0.1) is 0 Å². The van der Waals surface area contributed by atoms with E-state index in [2.05, 4.69) is 36.5 Å². The second kappa shape index (κ2) is 6.12. The van der Waals surface area contributed by atoms with E-state index in [4.69, 9.17) is 5.14 Å². The molecule has 0 aliphatic carbocycles. The Kier molecular flexibility index (Phi) is 5.09. The standard InChI is InChI=1S/C8H14BrN5O2S/c1-11-7-6(9)8(14-5-13-7)12-3-2-4-17(10,15)16/h5H,2-4H2,1H3,(H2,10,15,16)(H2,11,12,13,14). The lowest BCUT2D eigenvalue weighted by molar-refractivity contribution is 0.595. The number of anilines is 2. The van der Waals surface area contributed by atoms with E-state index in [-0.39, 0.29) is 5.75 Å². The van der Waals surface area contributed by atoms with Gasteiger partial charge in [0, 0.05) is 13.6 Å². The Labute approximate surface area is 108 Å². The fourth-order valence-electron chi connectivity index (χ4n) is 1.15. The molecular formula is C8H14BrN5O2S. The lowest BCUT2D eigenvalue weighted by Gasteiger charge is -2.09. The molecule has 4 N–H and O–H groups in total. The molecule has 0 amide bonds. The van der Waals surface area contributed by atoms with Gasteiger partial charge in [-0.25, -0.2) is 23.5 Å². The van der Waals surface area contributed by atoms with Crippen LogP contribution < -0.4 is 15.8 Å². The van der Waals surface area contributed by atoms with Crippen molar-refractivity contribution in [1.29, 1.82) is 0 Å². The van der Waals surface area contributed by atoms with E-state index in [1.807, 2.05) is 0 Å². The Balaban J connectivity index is 2.52. The van der Waals surface area contributed by atoms with Crippen molar-refractivity contribution < 1.29 is 8.42 Å². The normalized spacial score (nSPS) is 11.2. The minimum absolute atomic E-state index is 0.0540. The number of nitrogens with zero attached hydrogens (tertiary/aromatic N) is 2. The average Bonchev–Trinajstić information content (AvgIpc) is 2.25. The predicted molar refractivity (Wildman–Crippen MR) is 70.4 cm³/mol. The van der Waals surface area contributed by atoms with Gasteiger partial charge in [0.1, 0.15) is 22.4 Å². The van der Waals surface area contributed by atoms with Gasteiger partial charge in [-0.1, -0.05) is 0 Å². The fraction of sp³-hybridized carbons (Fsp3) is 0.500. The number of hydrogen-bond acceptors (Lipinski definition) is 6. The van der Waals surface area contributed by atoms with Gasteiger partial charge in [0.2, 0.25) is 10.0 Å². The van der Waals surface area contributed by atoms with E-state index in [1.165, 1.54) is 6.33 Å². The monoisotopic (exact) mass is 323 g/mol. The topological polar surface area (TPSA) is 110 Å². The summed E-state index contributed by atoms with van der Waals surface area (Å²) in [7, 11) is -1.65. The number of nitrogens with two attached hydrogens (primary N) is 1. The minimum Gasteiger partial charge on any atom is -0.372 e. The van der Waals surface area contributed by atoms with Gasteiger partial charge in [0.05, 0.1) is 5.75 Å². The molecule has 0 bridgehead atoms. The fourth-order valence-corrected chi connectivity index (χ4v) is 2.24. The maximum Gasteiger partial charge on any atom is 0.209 e. The summed E-state index contributed by atoms with van der Waals surface area (Å²) in [6.45, 7) is 0.467. The van der Waals surface area contributed by atoms with Crippen molar-refractivity contribution in [2.24, 2.45) is 5.14 Å². The zero-order valence-electron chi connectivity index (χ0n) is 9.27. The molecule has 1 heterocycles. The quantitative estimate of drug-likeness (QED) is 0.652. The zero-order valence-corrected chi connectivity index (χ0v) is 11.7. The Morgan fingerprint density at radius 2 is 2.06 bits per heavy atom. The maximum atomic E-state index is 10.7. The second-order valence-electron chi connectivity index (χ2n) is 3.28. The van der Waals surface area contributed by atoms with Gasteiger partial charge in [-0.2, -0.15) is 0 Å². The number of nitrogens with one attached hydrogen (secondary N) is 2. The van der Waals surface area contributed by atoms with Crippen LogP contribution >= 0.6 is 15.9 Å². The van der Waals surface area contributed by atoms with Gasteiger partial charge in [0.15, 0.2) is 0 Å². The summed E-state index contributed by atoms with van der Waals surface area (Å²) in [5.41, 5.74) is 0. The van der Waals surface area contributed by atoms with Gasteiger partial charge >= 0.3 is 0 Å². The third kappa shape index (κ3) is 4.84. The minimum atomic E-state index is -3.40. The van der Waals surface area contributed by atoms with Crippen LogP contribution in [0.25, 0.3) is 0 Å². The van der Waals surface area contributed by atoms with Crippen molar-refractivity contribution >= 4 is 37.6 Å². The highest BCUT2D eigenvalue weighted by molar-refractivity contribution is 9.10. The van der Waals surface area contributed by atoms with E-state index in [1.54, 1.807) is 7.05 Å². The highest BCUT2D eigenvalue weighted by Crippen LogP contribution is 2.25. The van der Waals surface area contributed by atoms with Crippen LogP contribution in [0.1, 0.15) is 6.42 Å². The molecule has 1 aromatic rings. The molecule has 1 aromatic heterocycles. The number of rotatable bonds is 6. The summed E-state index contributed by atoms with van der Waals surface area (Å²) in [5, 5.41) is 10.8. The largest absolute Gasteiger partial charge is 0.372 e. The average molecular weight is 324 g/mol. The molecule has 0 unspecified atom stereocenters. The van der Waals surface area contributed by atoms with Gasteiger partial charge in [-0.3, -0.25) is 0 Å². The van der Waals surface area contributed by atoms with Gasteiger partial charge in [-0.05, 0) is 22.4 Å². The summed E-state index contributed by atoms with van der Waals surface area (Å²) < 4.78 is 22.1. The summed E-state index contributed by atoms with van der Waals surface area (Å²) in [4.78, 5) is 8.03. The Bertz CT molecular complexity index is 479. The van der Waals surface area contributed by atoms with Crippen LogP contribution in [-0.2, 0) is 10.0 Å². The number of primary sulfonamides is 1. The molecule has 1 rings (SSSR count). The molecule has 0 aliphatic heterocycles. The molecular weight excluding hydrogens is 310 g/mol. The highest BCUT2D eigenvalue weighted by atomic mass is 79.9.